The second-order valence-electron chi connectivity index (χ2n) is 14.7. The summed E-state index contributed by atoms with van der Waals surface area (Å²) in [6, 6.07) is 59.5. The van der Waals surface area contributed by atoms with Crippen LogP contribution in [0.25, 0.3) is 76.8 Å². The van der Waals surface area contributed by atoms with Gasteiger partial charge in [0.1, 0.15) is 0 Å². The molecule has 1 aliphatic rings. The van der Waals surface area contributed by atoms with Gasteiger partial charge in [0.2, 0.25) is 0 Å². The van der Waals surface area contributed by atoms with Crippen LogP contribution in [0.3, 0.4) is 0 Å². The van der Waals surface area contributed by atoms with Gasteiger partial charge in [-0.25, -0.2) is 0 Å². The fraction of sp³-hybridized carbons (Fsp3) is 0.125. The Balaban J connectivity index is 1.24. The van der Waals surface area contributed by atoms with Gasteiger partial charge in [0.05, 0.1) is 11.2 Å². The van der Waals surface area contributed by atoms with Crippen molar-refractivity contribution < 1.29 is 9.31 Å². The normalized spacial score (nSPS) is 15.2. The van der Waals surface area contributed by atoms with E-state index in [0.29, 0.717) is 0 Å². The lowest BCUT2D eigenvalue weighted by Crippen LogP contribution is -2.41. The van der Waals surface area contributed by atoms with E-state index in [1.807, 2.05) is 0 Å². The summed E-state index contributed by atoms with van der Waals surface area (Å²) in [5.74, 6) is 0. The van der Waals surface area contributed by atoms with Crippen molar-refractivity contribution in [2.45, 2.75) is 38.9 Å². The molecule has 0 atom stereocenters. The lowest BCUT2D eigenvalue weighted by atomic mass is 9.77. The van der Waals surface area contributed by atoms with Crippen LogP contribution < -0.4 is 5.46 Å². The van der Waals surface area contributed by atoms with E-state index in [4.69, 9.17) is 9.31 Å². The summed E-state index contributed by atoms with van der Waals surface area (Å²) in [5, 5.41) is 7.46. The molecule has 8 aromatic carbocycles. The van der Waals surface area contributed by atoms with Gasteiger partial charge < -0.3 is 9.31 Å². The third-order valence-corrected chi connectivity index (χ3v) is 11.1. The molecule has 2 nitrogen and oxygen atoms in total. The Morgan fingerprint density at radius 3 is 1.33 bits per heavy atom. The molecule has 3 heteroatoms. The Morgan fingerprint density at radius 1 is 0.353 bits per heavy atom. The van der Waals surface area contributed by atoms with Crippen molar-refractivity contribution in [2.24, 2.45) is 0 Å². The van der Waals surface area contributed by atoms with Gasteiger partial charge in [0.25, 0.3) is 0 Å². The molecular formula is C48H39BO2. The predicted octanol–water partition coefficient (Wildman–Crippen LogP) is 12.1. The molecule has 0 radical (unpaired) electrons. The zero-order valence-electron chi connectivity index (χ0n) is 29.5. The fourth-order valence-corrected chi connectivity index (χ4v) is 7.81. The lowest BCUT2D eigenvalue weighted by Gasteiger charge is -2.32. The minimum atomic E-state index is -0.409. The molecule has 0 amide bonds. The molecule has 0 unspecified atom stereocenters. The van der Waals surface area contributed by atoms with Gasteiger partial charge in [-0.05, 0) is 116 Å². The molecule has 8 aromatic rings. The highest BCUT2D eigenvalue weighted by atomic mass is 16.7. The first kappa shape index (κ1) is 31.5. The number of hydrogen-bond donors (Lipinski definition) is 0. The summed E-state index contributed by atoms with van der Waals surface area (Å²) in [7, 11) is -0.409. The Hall–Kier alpha value is -5.48. The molecule has 51 heavy (non-hydrogen) atoms. The maximum absolute atomic E-state index is 6.42. The Labute approximate surface area is 300 Å². The predicted molar refractivity (Wildman–Crippen MR) is 216 cm³/mol. The van der Waals surface area contributed by atoms with E-state index in [1.54, 1.807) is 0 Å². The van der Waals surface area contributed by atoms with E-state index >= 15 is 0 Å². The molecule has 0 saturated carbocycles. The van der Waals surface area contributed by atoms with Gasteiger partial charge in [-0.2, -0.15) is 0 Å². The molecule has 0 N–H and O–H groups in total. The lowest BCUT2D eigenvalue weighted by molar-refractivity contribution is 0.00578. The van der Waals surface area contributed by atoms with Crippen molar-refractivity contribution in [3.05, 3.63) is 164 Å². The maximum Gasteiger partial charge on any atom is 0.494 e. The van der Waals surface area contributed by atoms with Crippen molar-refractivity contribution in [3.8, 4) is 44.5 Å². The third-order valence-electron chi connectivity index (χ3n) is 11.1. The molecule has 0 aromatic heterocycles. The highest BCUT2D eigenvalue weighted by Crippen LogP contribution is 2.46. The van der Waals surface area contributed by atoms with E-state index in [2.05, 4.69) is 191 Å². The van der Waals surface area contributed by atoms with Gasteiger partial charge in [0.15, 0.2) is 0 Å². The first-order valence-electron chi connectivity index (χ1n) is 17.9. The van der Waals surface area contributed by atoms with Crippen LogP contribution in [-0.4, -0.2) is 18.3 Å². The fourth-order valence-electron chi connectivity index (χ4n) is 7.81. The maximum atomic E-state index is 6.42. The molecule has 9 rings (SSSR count). The first-order valence-corrected chi connectivity index (χ1v) is 17.9. The number of fused-ring (bicyclic) bond motifs is 3. The van der Waals surface area contributed by atoms with Crippen LogP contribution in [0.2, 0.25) is 0 Å². The minimum Gasteiger partial charge on any atom is -0.399 e. The molecule has 0 bridgehead atoms. The van der Waals surface area contributed by atoms with Crippen molar-refractivity contribution in [1.82, 2.24) is 0 Å². The van der Waals surface area contributed by atoms with E-state index in [9.17, 15) is 0 Å². The summed E-state index contributed by atoms with van der Waals surface area (Å²) in [6.07, 6.45) is 0. The smallest absolute Gasteiger partial charge is 0.399 e. The minimum absolute atomic E-state index is 0.392. The summed E-state index contributed by atoms with van der Waals surface area (Å²) in [6.45, 7) is 8.40. The van der Waals surface area contributed by atoms with E-state index in [-0.39, 0.29) is 0 Å². The first-order chi connectivity index (χ1) is 24.8. The molecule has 246 valence electrons. The van der Waals surface area contributed by atoms with Crippen molar-refractivity contribution >= 4 is 44.9 Å². The van der Waals surface area contributed by atoms with Gasteiger partial charge in [-0.15, -0.1) is 0 Å². The average molecular weight is 659 g/mol. The van der Waals surface area contributed by atoms with Gasteiger partial charge in [-0.1, -0.05) is 158 Å². The van der Waals surface area contributed by atoms with Crippen LogP contribution >= 0.6 is 0 Å². The number of hydrogen-bond acceptors (Lipinski definition) is 2. The van der Waals surface area contributed by atoms with Crippen LogP contribution in [0.1, 0.15) is 27.7 Å². The van der Waals surface area contributed by atoms with Crippen LogP contribution in [0.15, 0.2) is 164 Å². The van der Waals surface area contributed by atoms with Crippen LogP contribution in [0.5, 0.6) is 0 Å². The molecule has 1 saturated heterocycles. The van der Waals surface area contributed by atoms with Crippen LogP contribution in [0, 0.1) is 0 Å². The summed E-state index contributed by atoms with van der Waals surface area (Å²) in [5.41, 5.74) is 9.98. The van der Waals surface area contributed by atoms with E-state index < -0.39 is 18.3 Å². The zero-order valence-corrected chi connectivity index (χ0v) is 29.5. The largest absolute Gasteiger partial charge is 0.494 e. The van der Waals surface area contributed by atoms with Gasteiger partial charge in [0, 0.05) is 0 Å². The standard InChI is InChI=1S/C48H39BO2/c1-47(2)48(3,4)51-49(50-47)36-21-15-20-34(30-36)37-28-29-38(40-23-12-11-22-39(37)40)35-26-27-43-44(31-35)46(33-18-9-6-10-19-33)42-25-14-13-24-41(42)45(43)32-16-7-5-8-17-32/h5-31H,1-4H3. The Kier molecular flexibility index (Phi) is 7.47. The summed E-state index contributed by atoms with van der Waals surface area (Å²) in [4.78, 5) is 0. The molecule has 1 aliphatic heterocycles. The monoisotopic (exact) mass is 658 g/mol. The second-order valence-corrected chi connectivity index (χ2v) is 14.7. The number of benzene rings is 8. The second kappa shape index (κ2) is 12.1. The average Bonchev–Trinajstić information content (AvgIpc) is 3.39. The topological polar surface area (TPSA) is 18.5 Å². The van der Waals surface area contributed by atoms with Crippen LogP contribution in [0.4, 0.5) is 0 Å². The highest BCUT2D eigenvalue weighted by Gasteiger charge is 2.51. The molecule has 0 aliphatic carbocycles. The Bertz CT molecular complexity index is 2570. The van der Waals surface area contributed by atoms with E-state index in [1.165, 1.54) is 71.3 Å². The van der Waals surface area contributed by atoms with Crippen LogP contribution in [-0.2, 0) is 9.31 Å². The number of rotatable bonds is 5. The molecular weight excluding hydrogens is 619 g/mol. The quantitative estimate of drug-likeness (QED) is 0.135. The van der Waals surface area contributed by atoms with Gasteiger partial charge in [-0.3, -0.25) is 0 Å². The SMILES string of the molecule is CC1(C)OB(c2cccc(-c3ccc(-c4ccc5c(-c6ccccc6)c6ccccc6c(-c6ccccc6)c5c4)c4ccccc34)c2)OC1(C)C. The molecule has 0 spiro atoms. The van der Waals surface area contributed by atoms with Crippen molar-refractivity contribution in [1.29, 1.82) is 0 Å². The Morgan fingerprint density at radius 2 is 0.784 bits per heavy atom. The van der Waals surface area contributed by atoms with E-state index in [0.717, 1.165) is 11.0 Å². The third kappa shape index (κ3) is 5.28. The zero-order chi connectivity index (χ0) is 34.7. The summed E-state index contributed by atoms with van der Waals surface area (Å²) >= 11 is 0. The molecule has 1 fully saturated rings. The highest BCUT2D eigenvalue weighted by molar-refractivity contribution is 6.62. The van der Waals surface area contributed by atoms with Crippen molar-refractivity contribution in [3.63, 3.8) is 0 Å². The van der Waals surface area contributed by atoms with Crippen molar-refractivity contribution in [2.75, 3.05) is 0 Å². The summed E-state index contributed by atoms with van der Waals surface area (Å²) < 4.78 is 12.8. The van der Waals surface area contributed by atoms with Gasteiger partial charge >= 0.3 is 7.12 Å². The molecule has 1 heterocycles.